The van der Waals surface area contributed by atoms with Gasteiger partial charge >= 0.3 is 0 Å². The molecule has 4 heteroatoms. The molecule has 8 aromatic carbocycles. The van der Waals surface area contributed by atoms with Crippen LogP contribution in [0.5, 0.6) is 0 Å². The lowest BCUT2D eigenvalue weighted by Crippen LogP contribution is -1.98. The van der Waals surface area contributed by atoms with E-state index in [2.05, 4.69) is 203 Å². The zero-order valence-corrected chi connectivity index (χ0v) is 30.4. The van der Waals surface area contributed by atoms with Gasteiger partial charge in [0, 0.05) is 49.6 Å². The van der Waals surface area contributed by atoms with Gasteiger partial charge in [0.25, 0.3) is 0 Å². The van der Waals surface area contributed by atoms with Crippen molar-refractivity contribution >= 4 is 43.6 Å². The van der Waals surface area contributed by atoms with Gasteiger partial charge in [-0.3, -0.25) is 0 Å². The molecule has 11 rings (SSSR count). The Labute approximate surface area is 324 Å². The van der Waals surface area contributed by atoms with Gasteiger partial charge in [0.2, 0.25) is 0 Å². The SMILES string of the molecule is c1ccc(-c2cc(-c3ccccc3)nc(-c3cccc(-n4c5ccccc5c5cc(-c6ccc7c(c6)c6ccccc6n7-c6ccccc6)ccc54)c3)n2)cc1. The number of nitrogens with zero attached hydrogens (tertiary/aromatic N) is 4. The molecular formula is C52H34N4. The zero-order valence-electron chi connectivity index (χ0n) is 30.4. The first-order valence-electron chi connectivity index (χ1n) is 19.0. The fourth-order valence-corrected chi connectivity index (χ4v) is 8.31. The van der Waals surface area contributed by atoms with Crippen molar-refractivity contribution in [1.29, 1.82) is 0 Å². The second-order valence-corrected chi connectivity index (χ2v) is 14.2. The van der Waals surface area contributed by atoms with Gasteiger partial charge in [-0.05, 0) is 77.9 Å². The zero-order chi connectivity index (χ0) is 37.0. The normalized spacial score (nSPS) is 11.6. The quantitative estimate of drug-likeness (QED) is 0.172. The first-order valence-corrected chi connectivity index (χ1v) is 19.0. The van der Waals surface area contributed by atoms with Crippen LogP contribution >= 0.6 is 0 Å². The van der Waals surface area contributed by atoms with E-state index in [0.717, 1.165) is 50.5 Å². The highest BCUT2D eigenvalue weighted by Crippen LogP contribution is 2.39. The van der Waals surface area contributed by atoms with Crippen molar-refractivity contribution in [3.8, 4) is 56.4 Å². The summed E-state index contributed by atoms with van der Waals surface area (Å²) < 4.78 is 4.73. The van der Waals surface area contributed by atoms with E-state index in [1.54, 1.807) is 0 Å². The lowest BCUT2D eigenvalue weighted by Gasteiger charge is -2.12. The summed E-state index contributed by atoms with van der Waals surface area (Å²) in [4.78, 5) is 10.3. The van der Waals surface area contributed by atoms with E-state index < -0.39 is 0 Å². The van der Waals surface area contributed by atoms with E-state index in [4.69, 9.17) is 9.97 Å². The maximum atomic E-state index is 5.13. The molecule has 0 atom stereocenters. The number of aromatic nitrogens is 4. The fraction of sp³-hybridized carbons (Fsp3) is 0. The highest BCUT2D eigenvalue weighted by molar-refractivity contribution is 6.12. The molecule has 0 N–H and O–H groups in total. The molecule has 0 saturated carbocycles. The van der Waals surface area contributed by atoms with Crippen LogP contribution in [-0.2, 0) is 0 Å². The molecule has 56 heavy (non-hydrogen) atoms. The third kappa shape index (κ3) is 5.31. The summed E-state index contributed by atoms with van der Waals surface area (Å²) >= 11 is 0. The molecule has 0 unspecified atom stereocenters. The standard InChI is InChI=1S/C52H34N4/c1-4-15-35(16-5-1)46-34-47(36-17-6-2-7-18-36)54-52(53-46)39-19-14-22-41(31-39)56-49-26-13-11-24-43(49)45-33-38(28-30-51(45)56)37-27-29-50-44(32-37)42-23-10-12-25-48(42)55(50)40-20-8-3-9-21-40/h1-34H. The van der Waals surface area contributed by atoms with E-state index in [0.29, 0.717) is 5.82 Å². The van der Waals surface area contributed by atoms with E-state index in [9.17, 15) is 0 Å². The number of para-hydroxylation sites is 3. The van der Waals surface area contributed by atoms with Crippen LogP contribution in [0.15, 0.2) is 206 Å². The van der Waals surface area contributed by atoms with Crippen molar-refractivity contribution in [2.24, 2.45) is 0 Å². The molecule has 11 aromatic rings. The topological polar surface area (TPSA) is 35.6 Å². The Morgan fingerprint density at radius 1 is 0.268 bits per heavy atom. The van der Waals surface area contributed by atoms with Crippen molar-refractivity contribution in [3.63, 3.8) is 0 Å². The summed E-state index contributed by atoms with van der Waals surface area (Å²) in [6, 6.07) is 73.2. The Hall–Kier alpha value is -7.56. The van der Waals surface area contributed by atoms with Crippen LogP contribution in [0.1, 0.15) is 0 Å². The van der Waals surface area contributed by atoms with Crippen LogP contribution < -0.4 is 0 Å². The number of hydrogen-bond acceptors (Lipinski definition) is 2. The molecule has 0 radical (unpaired) electrons. The van der Waals surface area contributed by atoms with Crippen LogP contribution in [0.4, 0.5) is 0 Å². The van der Waals surface area contributed by atoms with Crippen LogP contribution in [-0.4, -0.2) is 19.1 Å². The van der Waals surface area contributed by atoms with Crippen molar-refractivity contribution in [1.82, 2.24) is 19.1 Å². The molecule has 0 aliphatic rings. The Morgan fingerprint density at radius 2 is 0.696 bits per heavy atom. The second kappa shape index (κ2) is 13.1. The molecule has 0 aliphatic carbocycles. The minimum absolute atomic E-state index is 0.694. The Morgan fingerprint density at radius 3 is 1.25 bits per heavy atom. The maximum absolute atomic E-state index is 5.13. The molecule has 3 heterocycles. The predicted molar refractivity (Wildman–Crippen MR) is 232 cm³/mol. The van der Waals surface area contributed by atoms with Gasteiger partial charge in [-0.25, -0.2) is 9.97 Å². The van der Waals surface area contributed by atoms with Gasteiger partial charge in [-0.1, -0.05) is 140 Å². The first kappa shape index (κ1) is 31.9. The summed E-state index contributed by atoms with van der Waals surface area (Å²) in [7, 11) is 0. The van der Waals surface area contributed by atoms with Crippen LogP contribution in [0.3, 0.4) is 0 Å². The third-order valence-corrected chi connectivity index (χ3v) is 10.9. The van der Waals surface area contributed by atoms with Gasteiger partial charge in [0.15, 0.2) is 5.82 Å². The molecule has 0 amide bonds. The van der Waals surface area contributed by atoms with E-state index >= 15 is 0 Å². The summed E-state index contributed by atoms with van der Waals surface area (Å²) in [5.74, 6) is 0.694. The number of benzene rings is 8. The number of fused-ring (bicyclic) bond motifs is 6. The van der Waals surface area contributed by atoms with Gasteiger partial charge in [0.05, 0.1) is 33.5 Å². The van der Waals surface area contributed by atoms with Crippen LogP contribution in [0.2, 0.25) is 0 Å². The van der Waals surface area contributed by atoms with Gasteiger partial charge in [-0.15, -0.1) is 0 Å². The predicted octanol–water partition coefficient (Wildman–Crippen LogP) is 13.3. The molecule has 0 fully saturated rings. The lowest BCUT2D eigenvalue weighted by atomic mass is 10.0. The molecule has 4 nitrogen and oxygen atoms in total. The number of hydrogen-bond donors (Lipinski definition) is 0. The first-order chi connectivity index (χ1) is 27.8. The van der Waals surface area contributed by atoms with Crippen molar-refractivity contribution in [2.45, 2.75) is 0 Å². The summed E-state index contributed by atoms with van der Waals surface area (Å²) in [5.41, 5.74) is 14.2. The molecule has 0 spiro atoms. The van der Waals surface area contributed by atoms with E-state index in [-0.39, 0.29) is 0 Å². The number of rotatable bonds is 6. The van der Waals surface area contributed by atoms with Crippen molar-refractivity contribution in [3.05, 3.63) is 206 Å². The van der Waals surface area contributed by atoms with Gasteiger partial charge in [0.1, 0.15) is 0 Å². The average Bonchev–Trinajstić information content (AvgIpc) is 3.79. The van der Waals surface area contributed by atoms with Crippen LogP contribution in [0.25, 0.3) is 100 Å². The van der Waals surface area contributed by atoms with Crippen molar-refractivity contribution in [2.75, 3.05) is 0 Å². The fourth-order valence-electron chi connectivity index (χ4n) is 8.31. The highest BCUT2D eigenvalue weighted by atomic mass is 15.0. The smallest absolute Gasteiger partial charge is 0.160 e. The second-order valence-electron chi connectivity index (χ2n) is 14.2. The molecule has 3 aromatic heterocycles. The average molecular weight is 715 g/mol. The summed E-state index contributed by atoms with van der Waals surface area (Å²) in [5, 5.41) is 4.92. The lowest BCUT2D eigenvalue weighted by molar-refractivity contribution is 1.16. The maximum Gasteiger partial charge on any atom is 0.160 e. The Bertz CT molecular complexity index is 3170. The molecular weight excluding hydrogens is 681 g/mol. The highest BCUT2D eigenvalue weighted by Gasteiger charge is 2.17. The molecule has 0 bridgehead atoms. The Kier molecular flexibility index (Phi) is 7.46. The minimum Gasteiger partial charge on any atom is -0.309 e. The minimum atomic E-state index is 0.694. The monoisotopic (exact) mass is 714 g/mol. The third-order valence-electron chi connectivity index (χ3n) is 10.9. The van der Waals surface area contributed by atoms with E-state index in [1.807, 2.05) is 12.1 Å². The molecule has 0 saturated heterocycles. The molecule has 0 aliphatic heterocycles. The van der Waals surface area contributed by atoms with E-state index in [1.165, 1.54) is 43.7 Å². The van der Waals surface area contributed by atoms with Gasteiger partial charge in [-0.2, -0.15) is 0 Å². The van der Waals surface area contributed by atoms with Gasteiger partial charge < -0.3 is 9.13 Å². The van der Waals surface area contributed by atoms with Crippen LogP contribution in [0, 0.1) is 0 Å². The largest absolute Gasteiger partial charge is 0.309 e. The molecule has 262 valence electrons. The Balaban J connectivity index is 1.05. The van der Waals surface area contributed by atoms with Crippen molar-refractivity contribution < 1.29 is 0 Å². The summed E-state index contributed by atoms with van der Waals surface area (Å²) in [6.45, 7) is 0. The summed E-state index contributed by atoms with van der Waals surface area (Å²) in [6.07, 6.45) is 0.